The molecular formula is C13H20N2. The highest BCUT2D eigenvalue weighted by atomic mass is 15.1. The van der Waals surface area contributed by atoms with Crippen LogP contribution < -0.4 is 10.6 Å². The van der Waals surface area contributed by atoms with Crippen molar-refractivity contribution in [1.82, 2.24) is 0 Å². The first-order valence-electron chi connectivity index (χ1n) is 5.88. The molecule has 15 heavy (non-hydrogen) atoms. The standard InChI is InChI=1S/C13H20N2/c1-11-6-7-12(10-13(11)14)15-8-4-2-3-5-9-15/h6-7,10H,2-5,8-9,14H2,1H3. The summed E-state index contributed by atoms with van der Waals surface area (Å²) in [6.45, 7) is 4.42. The smallest absolute Gasteiger partial charge is 0.0387 e. The second-order valence-electron chi connectivity index (χ2n) is 4.44. The summed E-state index contributed by atoms with van der Waals surface area (Å²) in [7, 11) is 0. The first-order valence-corrected chi connectivity index (χ1v) is 5.88. The molecule has 0 amide bonds. The Bertz CT molecular complexity index is 325. The Morgan fingerprint density at radius 2 is 1.73 bits per heavy atom. The number of anilines is 2. The number of rotatable bonds is 1. The number of aryl methyl sites for hydroxylation is 1. The summed E-state index contributed by atoms with van der Waals surface area (Å²) in [6.07, 6.45) is 5.37. The lowest BCUT2D eigenvalue weighted by atomic mass is 10.1. The van der Waals surface area contributed by atoms with Gasteiger partial charge < -0.3 is 10.6 Å². The third-order valence-electron chi connectivity index (χ3n) is 3.23. The molecule has 0 radical (unpaired) electrons. The maximum atomic E-state index is 5.94. The number of hydrogen-bond donors (Lipinski definition) is 1. The van der Waals surface area contributed by atoms with Crippen molar-refractivity contribution in [2.75, 3.05) is 23.7 Å². The zero-order valence-electron chi connectivity index (χ0n) is 9.50. The van der Waals surface area contributed by atoms with Crippen LogP contribution in [-0.2, 0) is 0 Å². The van der Waals surface area contributed by atoms with Gasteiger partial charge in [-0.05, 0) is 37.5 Å². The van der Waals surface area contributed by atoms with Gasteiger partial charge in [0.1, 0.15) is 0 Å². The highest BCUT2D eigenvalue weighted by molar-refractivity contribution is 5.59. The van der Waals surface area contributed by atoms with E-state index in [9.17, 15) is 0 Å². The van der Waals surface area contributed by atoms with Crippen LogP contribution in [0.15, 0.2) is 18.2 Å². The minimum absolute atomic E-state index is 0.914. The fourth-order valence-electron chi connectivity index (χ4n) is 2.15. The second-order valence-corrected chi connectivity index (χ2v) is 4.44. The molecule has 0 spiro atoms. The highest BCUT2D eigenvalue weighted by Gasteiger charge is 2.10. The SMILES string of the molecule is Cc1ccc(N2CCCCCC2)cc1N. The number of nitrogen functional groups attached to an aromatic ring is 1. The van der Waals surface area contributed by atoms with Crippen LogP contribution in [0.4, 0.5) is 11.4 Å². The number of nitrogens with zero attached hydrogens (tertiary/aromatic N) is 1. The molecule has 1 saturated heterocycles. The van der Waals surface area contributed by atoms with Gasteiger partial charge >= 0.3 is 0 Å². The Hall–Kier alpha value is -1.18. The quantitative estimate of drug-likeness (QED) is 0.713. The van der Waals surface area contributed by atoms with E-state index in [-0.39, 0.29) is 0 Å². The van der Waals surface area contributed by atoms with Crippen molar-refractivity contribution in [3.8, 4) is 0 Å². The second kappa shape index (κ2) is 4.56. The molecule has 2 nitrogen and oxygen atoms in total. The monoisotopic (exact) mass is 204 g/mol. The maximum Gasteiger partial charge on any atom is 0.0387 e. The van der Waals surface area contributed by atoms with E-state index >= 15 is 0 Å². The van der Waals surface area contributed by atoms with Crippen LogP contribution in [0.3, 0.4) is 0 Å². The molecule has 2 heteroatoms. The maximum absolute atomic E-state index is 5.94. The van der Waals surface area contributed by atoms with E-state index in [0.29, 0.717) is 0 Å². The van der Waals surface area contributed by atoms with Gasteiger partial charge in [-0.2, -0.15) is 0 Å². The van der Waals surface area contributed by atoms with E-state index in [1.54, 1.807) is 0 Å². The molecule has 0 saturated carbocycles. The summed E-state index contributed by atoms with van der Waals surface area (Å²) in [5, 5.41) is 0. The van der Waals surface area contributed by atoms with E-state index in [1.807, 2.05) is 0 Å². The average molecular weight is 204 g/mol. The van der Waals surface area contributed by atoms with Crippen LogP contribution in [0, 0.1) is 6.92 Å². The topological polar surface area (TPSA) is 29.3 Å². The van der Waals surface area contributed by atoms with E-state index in [2.05, 4.69) is 30.0 Å². The van der Waals surface area contributed by atoms with Gasteiger partial charge in [-0.15, -0.1) is 0 Å². The van der Waals surface area contributed by atoms with Gasteiger partial charge in [-0.1, -0.05) is 18.9 Å². The summed E-state index contributed by atoms with van der Waals surface area (Å²) >= 11 is 0. The first-order chi connectivity index (χ1) is 7.27. The van der Waals surface area contributed by atoms with Gasteiger partial charge in [0, 0.05) is 24.5 Å². The van der Waals surface area contributed by atoms with Crippen LogP contribution in [0.2, 0.25) is 0 Å². The minimum Gasteiger partial charge on any atom is -0.398 e. The lowest BCUT2D eigenvalue weighted by Gasteiger charge is -2.23. The third-order valence-corrected chi connectivity index (χ3v) is 3.23. The minimum atomic E-state index is 0.914. The molecule has 1 aromatic rings. The van der Waals surface area contributed by atoms with Gasteiger partial charge in [0.05, 0.1) is 0 Å². The molecule has 0 atom stereocenters. The van der Waals surface area contributed by atoms with Crippen molar-refractivity contribution in [2.45, 2.75) is 32.6 Å². The molecule has 0 unspecified atom stereocenters. The van der Waals surface area contributed by atoms with Gasteiger partial charge in [0.25, 0.3) is 0 Å². The Labute approximate surface area is 92.1 Å². The fraction of sp³-hybridized carbons (Fsp3) is 0.538. The van der Waals surface area contributed by atoms with E-state index < -0.39 is 0 Å². The van der Waals surface area contributed by atoms with E-state index in [0.717, 1.165) is 5.69 Å². The Morgan fingerprint density at radius 1 is 1.07 bits per heavy atom. The molecule has 0 aromatic heterocycles. The lowest BCUT2D eigenvalue weighted by molar-refractivity contribution is 0.726. The molecule has 0 aliphatic carbocycles. The number of nitrogens with two attached hydrogens (primary N) is 1. The van der Waals surface area contributed by atoms with Crippen LogP contribution >= 0.6 is 0 Å². The van der Waals surface area contributed by atoms with Crippen molar-refractivity contribution in [2.24, 2.45) is 0 Å². The van der Waals surface area contributed by atoms with Crippen molar-refractivity contribution in [3.63, 3.8) is 0 Å². The van der Waals surface area contributed by atoms with Crippen molar-refractivity contribution >= 4 is 11.4 Å². The molecule has 82 valence electrons. The van der Waals surface area contributed by atoms with Gasteiger partial charge in [-0.25, -0.2) is 0 Å². The van der Waals surface area contributed by atoms with Crippen molar-refractivity contribution < 1.29 is 0 Å². The van der Waals surface area contributed by atoms with Gasteiger partial charge in [0.15, 0.2) is 0 Å². The summed E-state index contributed by atoms with van der Waals surface area (Å²) < 4.78 is 0. The van der Waals surface area contributed by atoms with Gasteiger partial charge in [0.2, 0.25) is 0 Å². The molecule has 1 heterocycles. The zero-order valence-corrected chi connectivity index (χ0v) is 9.50. The fourth-order valence-corrected chi connectivity index (χ4v) is 2.15. The van der Waals surface area contributed by atoms with Crippen LogP contribution in [0.25, 0.3) is 0 Å². The summed E-state index contributed by atoms with van der Waals surface area (Å²) in [5.74, 6) is 0. The zero-order chi connectivity index (χ0) is 10.7. The first kappa shape index (κ1) is 10.3. The Morgan fingerprint density at radius 3 is 2.33 bits per heavy atom. The van der Waals surface area contributed by atoms with E-state index in [1.165, 1.54) is 50.0 Å². The molecule has 1 aromatic carbocycles. The van der Waals surface area contributed by atoms with Crippen LogP contribution in [0.5, 0.6) is 0 Å². The predicted octanol–water partition coefficient (Wildman–Crippen LogP) is 2.96. The molecule has 1 fully saturated rings. The lowest BCUT2D eigenvalue weighted by Crippen LogP contribution is -2.23. The average Bonchev–Trinajstić information content (AvgIpc) is 2.50. The molecule has 2 rings (SSSR count). The van der Waals surface area contributed by atoms with Crippen LogP contribution in [0.1, 0.15) is 31.2 Å². The third kappa shape index (κ3) is 2.44. The van der Waals surface area contributed by atoms with Crippen molar-refractivity contribution in [3.05, 3.63) is 23.8 Å². The molecular weight excluding hydrogens is 184 g/mol. The summed E-state index contributed by atoms with van der Waals surface area (Å²) in [5.41, 5.74) is 9.32. The molecule has 1 aliphatic rings. The summed E-state index contributed by atoms with van der Waals surface area (Å²) in [6, 6.07) is 6.42. The van der Waals surface area contributed by atoms with Crippen LogP contribution in [-0.4, -0.2) is 13.1 Å². The Kier molecular flexibility index (Phi) is 3.14. The predicted molar refractivity (Wildman–Crippen MR) is 66.3 cm³/mol. The molecule has 1 aliphatic heterocycles. The molecule has 2 N–H and O–H groups in total. The molecule has 0 bridgehead atoms. The highest BCUT2D eigenvalue weighted by Crippen LogP contribution is 2.23. The normalized spacial score (nSPS) is 17.5. The summed E-state index contributed by atoms with van der Waals surface area (Å²) in [4.78, 5) is 2.46. The number of benzene rings is 1. The van der Waals surface area contributed by atoms with E-state index in [4.69, 9.17) is 5.73 Å². The largest absolute Gasteiger partial charge is 0.398 e. The van der Waals surface area contributed by atoms with Crippen molar-refractivity contribution in [1.29, 1.82) is 0 Å². The number of hydrogen-bond acceptors (Lipinski definition) is 2. The van der Waals surface area contributed by atoms with Gasteiger partial charge in [-0.3, -0.25) is 0 Å². The Balaban J connectivity index is 2.16.